The summed E-state index contributed by atoms with van der Waals surface area (Å²) in [5.41, 5.74) is 2.71. The van der Waals surface area contributed by atoms with Crippen LogP contribution >= 0.6 is 0 Å². The van der Waals surface area contributed by atoms with Crippen molar-refractivity contribution in [2.24, 2.45) is 0 Å². The predicted molar refractivity (Wildman–Crippen MR) is 114 cm³/mol. The Morgan fingerprint density at radius 3 is 2.33 bits per heavy atom. The molecular formula is C24H33NO2. The summed E-state index contributed by atoms with van der Waals surface area (Å²) in [6.45, 7) is 9.43. The summed E-state index contributed by atoms with van der Waals surface area (Å²) in [5, 5.41) is 2.96. The number of hydrogen-bond acceptors (Lipinski definition) is 2. The quantitative estimate of drug-likeness (QED) is 0.508. The van der Waals surface area contributed by atoms with Crippen LogP contribution in [-0.4, -0.2) is 12.5 Å². The molecule has 27 heavy (non-hydrogen) atoms. The Kier molecular flexibility index (Phi) is 7.90. The number of anilines is 1. The van der Waals surface area contributed by atoms with Gasteiger partial charge in [0.2, 0.25) is 0 Å². The lowest BCUT2D eigenvalue weighted by atomic mass is 9.87. The number of carbonyl (C=O) groups is 1. The number of amides is 1. The second kappa shape index (κ2) is 10.1. The molecule has 0 unspecified atom stereocenters. The van der Waals surface area contributed by atoms with Crippen LogP contribution in [0.25, 0.3) is 0 Å². The molecule has 2 rings (SSSR count). The molecule has 0 aromatic heterocycles. The van der Waals surface area contributed by atoms with Crippen LogP contribution in [-0.2, 0) is 5.41 Å². The van der Waals surface area contributed by atoms with E-state index in [1.54, 1.807) is 0 Å². The average molecular weight is 368 g/mol. The second-order valence-corrected chi connectivity index (χ2v) is 8.07. The molecule has 0 aliphatic heterocycles. The monoisotopic (exact) mass is 367 g/mol. The van der Waals surface area contributed by atoms with Gasteiger partial charge in [-0.1, -0.05) is 71.6 Å². The highest BCUT2D eigenvalue weighted by Crippen LogP contribution is 2.23. The topological polar surface area (TPSA) is 38.3 Å². The van der Waals surface area contributed by atoms with Crippen molar-refractivity contribution in [2.45, 2.75) is 65.2 Å². The minimum Gasteiger partial charge on any atom is -0.494 e. The van der Waals surface area contributed by atoms with E-state index in [2.05, 4.69) is 33.0 Å². The Balaban J connectivity index is 1.88. The van der Waals surface area contributed by atoms with Crippen molar-refractivity contribution in [3.63, 3.8) is 0 Å². The van der Waals surface area contributed by atoms with Crippen LogP contribution in [0.4, 0.5) is 5.69 Å². The van der Waals surface area contributed by atoms with Gasteiger partial charge in [0.25, 0.3) is 5.91 Å². The third-order valence-electron chi connectivity index (χ3n) is 4.62. The van der Waals surface area contributed by atoms with Crippen LogP contribution in [0.5, 0.6) is 5.75 Å². The Hall–Kier alpha value is -2.29. The standard InChI is InChI=1S/C24H33NO2/c1-5-6-7-8-9-17-27-22-12-10-11-21(18-22)25-23(26)19-13-15-20(16-14-19)24(2,3)4/h10-16,18H,5-9,17H2,1-4H3,(H,25,26). The molecule has 0 spiro atoms. The van der Waals surface area contributed by atoms with Gasteiger partial charge >= 0.3 is 0 Å². The van der Waals surface area contributed by atoms with Crippen LogP contribution in [0.2, 0.25) is 0 Å². The molecule has 1 amide bonds. The van der Waals surface area contributed by atoms with Crippen molar-refractivity contribution in [1.82, 2.24) is 0 Å². The van der Waals surface area contributed by atoms with Gasteiger partial charge in [-0.05, 0) is 41.7 Å². The zero-order valence-electron chi connectivity index (χ0n) is 17.2. The number of nitrogens with one attached hydrogen (secondary N) is 1. The Bertz CT molecular complexity index is 714. The molecular weight excluding hydrogens is 334 g/mol. The van der Waals surface area contributed by atoms with Crippen LogP contribution in [0.1, 0.15) is 75.7 Å². The van der Waals surface area contributed by atoms with E-state index in [4.69, 9.17) is 4.74 Å². The number of carbonyl (C=O) groups excluding carboxylic acids is 1. The first-order valence-corrected chi connectivity index (χ1v) is 10.0. The van der Waals surface area contributed by atoms with Gasteiger partial charge in [-0.15, -0.1) is 0 Å². The van der Waals surface area contributed by atoms with Gasteiger partial charge in [0.1, 0.15) is 5.75 Å². The summed E-state index contributed by atoms with van der Waals surface area (Å²) in [5.74, 6) is 0.693. The SMILES string of the molecule is CCCCCCCOc1cccc(NC(=O)c2ccc(C(C)(C)C)cc2)c1. The first kappa shape index (κ1) is 21.0. The van der Waals surface area contributed by atoms with E-state index in [0.29, 0.717) is 5.56 Å². The van der Waals surface area contributed by atoms with Crippen LogP contribution in [0, 0.1) is 0 Å². The van der Waals surface area contributed by atoms with Crippen molar-refractivity contribution in [1.29, 1.82) is 0 Å². The van der Waals surface area contributed by atoms with Gasteiger partial charge in [-0.2, -0.15) is 0 Å². The molecule has 0 heterocycles. The molecule has 0 atom stereocenters. The molecule has 2 aromatic carbocycles. The van der Waals surface area contributed by atoms with Gasteiger partial charge < -0.3 is 10.1 Å². The molecule has 0 saturated carbocycles. The van der Waals surface area contributed by atoms with Crippen molar-refractivity contribution in [3.05, 3.63) is 59.7 Å². The van der Waals surface area contributed by atoms with E-state index < -0.39 is 0 Å². The molecule has 0 radical (unpaired) electrons. The Morgan fingerprint density at radius 2 is 1.67 bits per heavy atom. The maximum absolute atomic E-state index is 12.5. The first-order chi connectivity index (χ1) is 12.9. The number of rotatable bonds is 9. The fourth-order valence-corrected chi connectivity index (χ4v) is 2.88. The number of hydrogen-bond donors (Lipinski definition) is 1. The fourth-order valence-electron chi connectivity index (χ4n) is 2.88. The zero-order chi connectivity index (χ0) is 19.7. The first-order valence-electron chi connectivity index (χ1n) is 10.0. The second-order valence-electron chi connectivity index (χ2n) is 8.07. The summed E-state index contributed by atoms with van der Waals surface area (Å²) in [4.78, 5) is 12.5. The fraction of sp³-hybridized carbons (Fsp3) is 0.458. The van der Waals surface area contributed by atoms with Crippen molar-refractivity contribution in [3.8, 4) is 5.75 Å². The third kappa shape index (κ3) is 7.09. The molecule has 3 nitrogen and oxygen atoms in total. The van der Waals surface area contributed by atoms with Crippen molar-refractivity contribution >= 4 is 11.6 Å². The normalized spacial score (nSPS) is 11.3. The molecule has 2 aromatic rings. The number of unbranched alkanes of at least 4 members (excludes halogenated alkanes) is 4. The molecule has 1 N–H and O–H groups in total. The van der Waals surface area contributed by atoms with Crippen LogP contribution in [0.3, 0.4) is 0 Å². The third-order valence-corrected chi connectivity index (χ3v) is 4.62. The lowest BCUT2D eigenvalue weighted by Gasteiger charge is -2.19. The minimum absolute atomic E-state index is 0.0806. The van der Waals surface area contributed by atoms with E-state index >= 15 is 0 Å². The van der Waals surface area contributed by atoms with Gasteiger partial charge in [-0.3, -0.25) is 4.79 Å². The molecule has 146 valence electrons. The predicted octanol–water partition coefficient (Wildman–Crippen LogP) is 6.59. The maximum Gasteiger partial charge on any atom is 0.255 e. The highest BCUT2D eigenvalue weighted by Gasteiger charge is 2.14. The highest BCUT2D eigenvalue weighted by molar-refractivity contribution is 6.04. The zero-order valence-corrected chi connectivity index (χ0v) is 17.2. The van der Waals surface area contributed by atoms with E-state index in [1.165, 1.54) is 31.2 Å². The maximum atomic E-state index is 12.5. The minimum atomic E-state index is -0.104. The molecule has 0 bridgehead atoms. The summed E-state index contributed by atoms with van der Waals surface area (Å²) in [7, 11) is 0. The summed E-state index contributed by atoms with van der Waals surface area (Å²) in [6.07, 6.45) is 6.08. The van der Waals surface area contributed by atoms with Crippen LogP contribution in [0.15, 0.2) is 48.5 Å². The Labute approximate surface area is 164 Å². The molecule has 0 aliphatic rings. The average Bonchev–Trinajstić information content (AvgIpc) is 2.64. The van der Waals surface area contributed by atoms with Gasteiger partial charge in [0, 0.05) is 17.3 Å². The summed E-state index contributed by atoms with van der Waals surface area (Å²) < 4.78 is 5.82. The summed E-state index contributed by atoms with van der Waals surface area (Å²) in [6, 6.07) is 15.4. The molecule has 0 saturated heterocycles. The van der Waals surface area contributed by atoms with E-state index in [0.717, 1.165) is 24.5 Å². The van der Waals surface area contributed by atoms with Gasteiger partial charge in [0.05, 0.1) is 6.61 Å². The summed E-state index contributed by atoms with van der Waals surface area (Å²) >= 11 is 0. The lowest BCUT2D eigenvalue weighted by molar-refractivity contribution is 0.102. The van der Waals surface area contributed by atoms with Crippen molar-refractivity contribution < 1.29 is 9.53 Å². The molecule has 0 fully saturated rings. The Morgan fingerprint density at radius 1 is 0.963 bits per heavy atom. The number of benzene rings is 2. The molecule has 3 heteroatoms. The van der Waals surface area contributed by atoms with E-state index in [9.17, 15) is 4.79 Å². The van der Waals surface area contributed by atoms with Gasteiger partial charge in [0.15, 0.2) is 0 Å². The van der Waals surface area contributed by atoms with Gasteiger partial charge in [-0.25, -0.2) is 0 Å². The largest absolute Gasteiger partial charge is 0.494 e. The van der Waals surface area contributed by atoms with E-state index in [1.807, 2.05) is 48.5 Å². The lowest BCUT2D eigenvalue weighted by Crippen LogP contribution is -2.14. The molecule has 0 aliphatic carbocycles. The van der Waals surface area contributed by atoms with Crippen LogP contribution < -0.4 is 10.1 Å². The van der Waals surface area contributed by atoms with Crippen molar-refractivity contribution in [2.75, 3.05) is 11.9 Å². The smallest absolute Gasteiger partial charge is 0.255 e. The van der Waals surface area contributed by atoms with E-state index in [-0.39, 0.29) is 11.3 Å². The number of ether oxygens (including phenoxy) is 1. The highest BCUT2D eigenvalue weighted by atomic mass is 16.5.